The van der Waals surface area contributed by atoms with Crippen molar-refractivity contribution >= 4 is 5.97 Å². The minimum Gasteiger partial charge on any atom is -0.455 e. The van der Waals surface area contributed by atoms with E-state index in [4.69, 9.17) is 9.47 Å². The predicted molar refractivity (Wildman–Crippen MR) is 92.1 cm³/mol. The Balaban J connectivity index is 2.14. The smallest absolute Gasteiger partial charge is 0.336 e. The summed E-state index contributed by atoms with van der Waals surface area (Å²) in [5, 5.41) is 0. The third kappa shape index (κ3) is 4.99. The first-order chi connectivity index (χ1) is 11.1. The van der Waals surface area contributed by atoms with E-state index in [1.165, 1.54) is 0 Å². The molecule has 1 atom stereocenters. The van der Waals surface area contributed by atoms with Crippen molar-refractivity contribution in [3.05, 3.63) is 66.7 Å². The van der Waals surface area contributed by atoms with Gasteiger partial charge in [-0.05, 0) is 36.6 Å². The van der Waals surface area contributed by atoms with E-state index < -0.39 is 12.3 Å². The Bertz CT molecular complexity index is 662. The summed E-state index contributed by atoms with van der Waals surface area (Å²) in [5.74, 6) is 0.252. The number of hydrogen-bond acceptors (Lipinski definition) is 3. The number of esters is 1. The molecule has 0 aliphatic rings. The highest BCUT2D eigenvalue weighted by atomic mass is 16.7. The minimum atomic E-state index is -0.602. The van der Waals surface area contributed by atoms with Crippen LogP contribution in [0, 0.1) is 0 Å². The molecule has 0 aromatic heterocycles. The van der Waals surface area contributed by atoms with Crippen LogP contribution in [0.25, 0.3) is 11.1 Å². The lowest BCUT2D eigenvalue weighted by Crippen LogP contribution is -2.24. The van der Waals surface area contributed by atoms with Gasteiger partial charge in [0.05, 0.1) is 0 Å². The van der Waals surface area contributed by atoms with E-state index in [9.17, 15) is 4.79 Å². The molecule has 3 heteroatoms. The number of carbonyl (C=O) groups is 1. The Labute approximate surface area is 137 Å². The second-order valence-corrected chi connectivity index (χ2v) is 5.42. The van der Waals surface area contributed by atoms with Gasteiger partial charge in [0.2, 0.25) is 6.29 Å². The molecule has 0 fully saturated rings. The molecule has 0 radical (unpaired) electrons. The first kappa shape index (κ1) is 16.8. The Morgan fingerprint density at radius 2 is 1.78 bits per heavy atom. The molecule has 0 aliphatic heterocycles. The predicted octanol–water partition coefficient (Wildman–Crippen LogP) is 4.98. The fourth-order valence-electron chi connectivity index (χ4n) is 2.13. The average molecular weight is 310 g/mol. The van der Waals surface area contributed by atoms with Crippen LogP contribution in [0.3, 0.4) is 0 Å². The number of ether oxygens (including phenoxy) is 2. The van der Waals surface area contributed by atoms with Crippen LogP contribution in [0.4, 0.5) is 0 Å². The highest BCUT2D eigenvalue weighted by Gasteiger charge is 2.16. The Hall–Kier alpha value is -2.55. The summed E-state index contributed by atoms with van der Waals surface area (Å²) in [4.78, 5) is 11.7. The van der Waals surface area contributed by atoms with Gasteiger partial charge in [-0.25, -0.2) is 4.79 Å². The molecule has 0 spiro atoms. The summed E-state index contributed by atoms with van der Waals surface area (Å²) < 4.78 is 11.2. The lowest BCUT2D eigenvalue weighted by molar-refractivity contribution is -0.159. The molecule has 2 aromatic rings. The Morgan fingerprint density at radius 1 is 1.09 bits per heavy atom. The van der Waals surface area contributed by atoms with Crippen LogP contribution < -0.4 is 4.74 Å². The molecule has 0 bridgehead atoms. The van der Waals surface area contributed by atoms with Crippen LogP contribution in [-0.4, -0.2) is 12.3 Å². The standard InChI is InChI=1S/C20H22O3/c1-4-9-19(23-20(21)15(2)3)22-18-13-8-12-17(14-18)16-10-6-5-7-11-16/h5-8,10-14,19H,2,4,9H2,1,3H3. The zero-order valence-corrected chi connectivity index (χ0v) is 13.6. The van der Waals surface area contributed by atoms with Gasteiger partial charge >= 0.3 is 5.97 Å². The molecule has 3 nitrogen and oxygen atoms in total. The van der Waals surface area contributed by atoms with Gasteiger partial charge in [-0.3, -0.25) is 0 Å². The van der Waals surface area contributed by atoms with E-state index in [1.807, 2.05) is 61.5 Å². The van der Waals surface area contributed by atoms with E-state index in [2.05, 4.69) is 6.58 Å². The lowest BCUT2D eigenvalue weighted by Gasteiger charge is -2.19. The van der Waals surface area contributed by atoms with Gasteiger partial charge in [-0.15, -0.1) is 0 Å². The van der Waals surface area contributed by atoms with E-state index in [1.54, 1.807) is 6.92 Å². The first-order valence-corrected chi connectivity index (χ1v) is 7.78. The summed E-state index contributed by atoms with van der Waals surface area (Å²) in [6, 6.07) is 17.8. The van der Waals surface area contributed by atoms with Crippen molar-refractivity contribution in [1.82, 2.24) is 0 Å². The fourth-order valence-corrected chi connectivity index (χ4v) is 2.13. The molecule has 0 aliphatic carbocycles. The van der Waals surface area contributed by atoms with Crippen LogP contribution in [0.5, 0.6) is 5.75 Å². The van der Waals surface area contributed by atoms with E-state index in [-0.39, 0.29) is 0 Å². The molecule has 0 saturated carbocycles. The van der Waals surface area contributed by atoms with Gasteiger partial charge in [0.15, 0.2) is 0 Å². The third-order valence-electron chi connectivity index (χ3n) is 3.32. The number of carbonyl (C=O) groups excluding carboxylic acids is 1. The molecule has 0 heterocycles. The van der Waals surface area contributed by atoms with Crippen LogP contribution in [0.15, 0.2) is 66.7 Å². The highest BCUT2D eigenvalue weighted by molar-refractivity contribution is 5.87. The number of rotatable bonds is 7. The maximum atomic E-state index is 11.7. The van der Waals surface area contributed by atoms with Gasteiger partial charge in [-0.1, -0.05) is 56.0 Å². The molecule has 120 valence electrons. The number of benzene rings is 2. The summed E-state index contributed by atoms with van der Waals surface area (Å²) in [6.45, 7) is 7.24. The molecule has 0 N–H and O–H groups in total. The van der Waals surface area contributed by atoms with Gasteiger partial charge < -0.3 is 9.47 Å². The van der Waals surface area contributed by atoms with E-state index in [0.29, 0.717) is 17.7 Å². The van der Waals surface area contributed by atoms with Gasteiger partial charge in [0.1, 0.15) is 5.75 Å². The lowest BCUT2D eigenvalue weighted by atomic mass is 10.1. The minimum absolute atomic E-state index is 0.368. The summed E-state index contributed by atoms with van der Waals surface area (Å²) in [6.07, 6.45) is 0.886. The van der Waals surface area contributed by atoms with Crippen molar-refractivity contribution in [2.24, 2.45) is 0 Å². The Morgan fingerprint density at radius 3 is 2.43 bits per heavy atom. The Kier molecular flexibility index (Phi) is 5.98. The van der Waals surface area contributed by atoms with Crippen molar-refractivity contribution in [3.63, 3.8) is 0 Å². The maximum absolute atomic E-state index is 11.7. The van der Waals surface area contributed by atoms with Gasteiger partial charge in [-0.2, -0.15) is 0 Å². The largest absolute Gasteiger partial charge is 0.455 e. The summed E-state index contributed by atoms with van der Waals surface area (Å²) >= 11 is 0. The zero-order valence-electron chi connectivity index (χ0n) is 13.6. The second kappa shape index (κ2) is 8.18. The van der Waals surface area contributed by atoms with E-state index >= 15 is 0 Å². The monoisotopic (exact) mass is 310 g/mol. The van der Waals surface area contributed by atoms with Crippen LogP contribution in [-0.2, 0) is 9.53 Å². The van der Waals surface area contributed by atoms with Crippen molar-refractivity contribution in [1.29, 1.82) is 0 Å². The molecule has 23 heavy (non-hydrogen) atoms. The number of hydrogen-bond donors (Lipinski definition) is 0. The molecular weight excluding hydrogens is 288 g/mol. The third-order valence-corrected chi connectivity index (χ3v) is 3.32. The van der Waals surface area contributed by atoms with E-state index in [0.717, 1.165) is 17.5 Å². The van der Waals surface area contributed by atoms with Crippen molar-refractivity contribution in [3.8, 4) is 16.9 Å². The second-order valence-electron chi connectivity index (χ2n) is 5.42. The molecule has 0 amide bonds. The molecular formula is C20H22O3. The molecule has 0 saturated heterocycles. The quantitative estimate of drug-likeness (QED) is 0.411. The van der Waals surface area contributed by atoms with Crippen LogP contribution in [0.2, 0.25) is 0 Å². The topological polar surface area (TPSA) is 35.5 Å². The summed E-state index contributed by atoms with van der Waals surface area (Å²) in [5.41, 5.74) is 2.54. The average Bonchev–Trinajstić information content (AvgIpc) is 2.56. The zero-order chi connectivity index (χ0) is 16.7. The normalized spacial score (nSPS) is 11.6. The maximum Gasteiger partial charge on any atom is 0.336 e. The summed E-state index contributed by atoms with van der Waals surface area (Å²) in [7, 11) is 0. The SMILES string of the molecule is C=C(C)C(=O)OC(CCC)Oc1cccc(-c2ccccc2)c1. The van der Waals surface area contributed by atoms with Crippen molar-refractivity contribution in [2.45, 2.75) is 33.0 Å². The van der Waals surface area contributed by atoms with Crippen molar-refractivity contribution in [2.75, 3.05) is 0 Å². The first-order valence-electron chi connectivity index (χ1n) is 7.78. The highest BCUT2D eigenvalue weighted by Crippen LogP contribution is 2.25. The van der Waals surface area contributed by atoms with Crippen molar-refractivity contribution < 1.29 is 14.3 Å². The molecule has 2 rings (SSSR count). The van der Waals surface area contributed by atoms with Crippen LogP contribution in [0.1, 0.15) is 26.7 Å². The van der Waals surface area contributed by atoms with Gasteiger partial charge in [0.25, 0.3) is 0 Å². The molecule has 1 unspecified atom stereocenters. The van der Waals surface area contributed by atoms with Gasteiger partial charge in [0, 0.05) is 12.0 Å². The fraction of sp³-hybridized carbons (Fsp3) is 0.250. The van der Waals surface area contributed by atoms with Crippen LogP contribution >= 0.6 is 0 Å². The molecule has 2 aromatic carbocycles.